The zero-order valence-corrected chi connectivity index (χ0v) is 11.8. The third kappa shape index (κ3) is 2.69. The molecule has 21 heavy (non-hydrogen) atoms. The maximum Gasteiger partial charge on any atom is 0.311 e. The van der Waals surface area contributed by atoms with Gasteiger partial charge in [0.2, 0.25) is 5.82 Å². The van der Waals surface area contributed by atoms with Crippen molar-refractivity contribution in [2.24, 2.45) is 0 Å². The van der Waals surface area contributed by atoms with E-state index in [1.54, 1.807) is 6.07 Å². The van der Waals surface area contributed by atoms with E-state index in [1.165, 1.54) is 36.2 Å². The van der Waals surface area contributed by atoms with Gasteiger partial charge in [-0.1, -0.05) is 12.1 Å². The fraction of sp³-hybridized carbons (Fsp3) is 0.214. The van der Waals surface area contributed by atoms with Crippen LogP contribution in [0.5, 0.6) is 0 Å². The maximum absolute atomic E-state index is 13.8. The molecule has 108 valence electrons. The van der Waals surface area contributed by atoms with Crippen molar-refractivity contribution in [3.63, 3.8) is 0 Å². The largest absolute Gasteiger partial charge is 0.357 e. The zero-order chi connectivity index (χ0) is 14.8. The smallest absolute Gasteiger partial charge is 0.311 e. The van der Waals surface area contributed by atoms with Crippen LogP contribution in [0.25, 0.3) is 0 Å². The molecular weight excluding hydrogens is 293 g/mol. The van der Waals surface area contributed by atoms with Gasteiger partial charge in [0.1, 0.15) is 5.82 Å². The lowest BCUT2D eigenvalue weighted by Gasteiger charge is -2.26. The van der Waals surface area contributed by atoms with E-state index in [1.807, 2.05) is 6.07 Å². The molecule has 5 nitrogen and oxygen atoms in total. The Balaban J connectivity index is 1.95. The van der Waals surface area contributed by atoms with Gasteiger partial charge >= 0.3 is 5.69 Å². The zero-order valence-electron chi connectivity index (χ0n) is 11.0. The van der Waals surface area contributed by atoms with Crippen molar-refractivity contribution in [3.8, 4) is 0 Å². The summed E-state index contributed by atoms with van der Waals surface area (Å²) in [6.07, 6.45) is 2.26. The van der Waals surface area contributed by atoms with Crippen molar-refractivity contribution < 1.29 is 9.31 Å². The molecule has 0 aliphatic carbocycles. The number of hydrogen-bond acceptors (Lipinski definition) is 5. The van der Waals surface area contributed by atoms with Gasteiger partial charge in [-0.2, -0.15) is 0 Å². The Morgan fingerprint density at radius 2 is 2.24 bits per heavy atom. The highest BCUT2D eigenvalue weighted by molar-refractivity contribution is 7.99. The Kier molecular flexibility index (Phi) is 3.74. The van der Waals surface area contributed by atoms with Crippen LogP contribution in [0.15, 0.2) is 41.4 Å². The van der Waals surface area contributed by atoms with Gasteiger partial charge in [-0.05, 0) is 24.1 Å². The first-order valence-electron chi connectivity index (χ1n) is 6.44. The van der Waals surface area contributed by atoms with E-state index in [-0.39, 0.29) is 23.4 Å². The fourth-order valence-electron chi connectivity index (χ4n) is 2.36. The molecule has 0 radical (unpaired) electrons. The van der Waals surface area contributed by atoms with Crippen LogP contribution < -0.4 is 5.32 Å². The van der Waals surface area contributed by atoms with Crippen molar-refractivity contribution >= 4 is 23.3 Å². The fourth-order valence-corrected chi connectivity index (χ4v) is 3.50. The molecular formula is C14H12FN3O2S. The van der Waals surface area contributed by atoms with Crippen LogP contribution in [0, 0.1) is 15.9 Å². The molecule has 0 fully saturated rings. The quantitative estimate of drug-likeness (QED) is 0.690. The maximum atomic E-state index is 13.8. The Hall–Kier alpha value is -2.15. The van der Waals surface area contributed by atoms with Gasteiger partial charge in [0.15, 0.2) is 0 Å². The number of rotatable bonds is 3. The molecule has 1 aliphatic rings. The molecule has 1 N–H and O–H groups in total. The van der Waals surface area contributed by atoms with Crippen LogP contribution >= 0.6 is 11.8 Å². The van der Waals surface area contributed by atoms with Gasteiger partial charge in [0.25, 0.3) is 0 Å². The molecule has 0 saturated heterocycles. The molecule has 7 heteroatoms. The van der Waals surface area contributed by atoms with Crippen molar-refractivity contribution in [1.82, 2.24) is 4.98 Å². The van der Waals surface area contributed by atoms with Gasteiger partial charge in [-0.15, -0.1) is 11.8 Å². The van der Waals surface area contributed by atoms with Crippen LogP contribution in [0.4, 0.5) is 15.9 Å². The number of fused-ring (bicyclic) bond motifs is 1. The summed E-state index contributed by atoms with van der Waals surface area (Å²) in [5.41, 5.74) is 0.750. The summed E-state index contributed by atoms with van der Waals surface area (Å²) in [6, 6.07) is 7.67. The van der Waals surface area contributed by atoms with Gasteiger partial charge in [0.05, 0.1) is 11.0 Å². The average Bonchev–Trinajstić information content (AvgIpc) is 2.49. The predicted octanol–water partition coefficient (Wildman–Crippen LogP) is 3.78. The molecule has 0 bridgehead atoms. The van der Waals surface area contributed by atoms with E-state index in [2.05, 4.69) is 10.3 Å². The van der Waals surface area contributed by atoms with Crippen LogP contribution in [0.1, 0.15) is 18.0 Å². The Labute approximate surface area is 124 Å². The lowest BCUT2D eigenvalue weighted by atomic mass is 10.0. The third-order valence-electron chi connectivity index (χ3n) is 3.32. The molecule has 0 unspecified atom stereocenters. The average molecular weight is 305 g/mol. The molecule has 0 saturated carbocycles. The molecule has 0 spiro atoms. The Bertz CT molecular complexity index is 696. The lowest BCUT2D eigenvalue weighted by Crippen LogP contribution is -2.18. The van der Waals surface area contributed by atoms with Crippen molar-refractivity contribution in [2.45, 2.75) is 17.4 Å². The standard InChI is InChI=1S/C14H12FN3O2S/c15-10-4-1-3-9-11(6-8-21-13(9)10)17-14-12(18(19)20)5-2-7-16-14/h1-5,7,11H,6,8H2,(H,16,17)/t11-/m0/s1. The topological polar surface area (TPSA) is 68.1 Å². The van der Waals surface area contributed by atoms with E-state index in [9.17, 15) is 14.5 Å². The van der Waals surface area contributed by atoms with Crippen molar-refractivity contribution in [3.05, 3.63) is 58.0 Å². The van der Waals surface area contributed by atoms with Crippen LogP contribution in [0.2, 0.25) is 0 Å². The summed E-state index contributed by atoms with van der Waals surface area (Å²) in [4.78, 5) is 15.2. The number of hydrogen-bond donors (Lipinski definition) is 1. The first-order valence-corrected chi connectivity index (χ1v) is 7.42. The number of nitro groups is 1. The van der Waals surface area contributed by atoms with E-state index in [0.29, 0.717) is 4.90 Å². The van der Waals surface area contributed by atoms with E-state index in [0.717, 1.165) is 17.7 Å². The molecule has 2 aromatic rings. The van der Waals surface area contributed by atoms with E-state index >= 15 is 0 Å². The monoisotopic (exact) mass is 305 g/mol. The summed E-state index contributed by atoms with van der Waals surface area (Å²) in [5.74, 6) is 0.723. The number of nitrogens with zero attached hydrogens (tertiary/aromatic N) is 2. The summed E-state index contributed by atoms with van der Waals surface area (Å²) < 4.78 is 13.8. The number of nitrogens with one attached hydrogen (secondary N) is 1. The summed E-state index contributed by atoms with van der Waals surface area (Å²) in [6.45, 7) is 0. The minimum Gasteiger partial charge on any atom is -0.357 e. The van der Waals surface area contributed by atoms with Gasteiger partial charge in [-0.25, -0.2) is 9.37 Å². The molecule has 2 heterocycles. The summed E-state index contributed by atoms with van der Waals surface area (Å²) in [5, 5.41) is 14.1. The minimum atomic E-state index is -0.473. The molecule has 1 aromatic carbocycles. The second kappa shape index (κ2) is 5.69. The highest BCUT2D eigenvalue weighted by Crippen LogP contribution is 2.39. The number of thioether (sulfide) groups is 1. The third-order valence-corrected chi connectivity index (χ3v) is 4.48. The highest BCUT2D eigenvalue weighted by atomic mass is 32.2. The van der Waals surface area contributed by atoms with E-state index in [4.69, 9.17) is 0 Å². The van der Waals surface area contributed by atoms with Crippen LogP contribution in [-0.2, 0) is 0 Å². The number of halogens is 1. The summed E-state index contributed by atoms with van der Waals surface area (Å²) >= 11 is 1.47. The molecule has 3 rings (SSSR count). The predicted molar refractivity (Wildman–Crippen MR) is 79.0 cm³/mol. The molecule has 1 aliphatic heterocycles. The van der Waals surface area contributed by atoms with Gasteiger partial charge in [-0.3, -0.25) is 10.1 Å². The Morgan fingerprint density at radius 1 is 1.38 bits per heavy atom. The second-order valence-electron chi connectivity index (χ2n) is 4.62. The Morgan fingerprint density at radius 3 is 3.05 bits per heavy atom. The minimum absolute atomic E-state index is 0.0753. The molecule has 1 aromatic heterocycles. The van der Waals surface area contributed by atoms with Gasteiger partial charge < -0.3 is 5.32 Å². The SMILES string of the molecule is O=[N+]([O-])c1cccnc1N[C@H]1CCSc2c(F)cccc21. The van der Waals surface area contributed by atoms with Gasteiger partial charge in [0, 0.05) is 22.9 Å². The van der Waals surface area contributed by atoms with Crippen molar-refractivity contribution in [1.29, 1.82) is 0 Å². The first kappa shape index (κ1) is 13.8. The van der Waals surface area contributed by atoms with Crippen molar-refractivity contribution in [2.75, 3.05) is 11.1 Å². The lowest BCUT2D eigenvalue weighted by molar-refractivity contribution is -0.384. The second-order valence-corrected chi connectivity index (χ2v) is 5.73. The van der Waals surface area contributed by atoms with E-state index < -0.39 is 4.92 Å². The highest BCUT2D eigenvalue weighted by Gasteiger charge is 2.25. The normalized spacial score (nSPS) is 17.1. The van der Waals surface area contributed by atoms with Crippen LogP contribution in [-0.4, -0.2) is 15.7 Å². The molecule has 1 atom stereocenters. The summed E-state index contributed by atoms with van der Waals surface area (Å²) in [7, 11) is 0. The van der Waals surface area contributed by atoms with Crippen LogP contribution in [0.3, 0.4) is 0 Å². The first-order chi connectivity index (χ1) is 10.2. The number of anilines is 1. The number of aromatic nitrogens is 1. The number of pyridine rings is 1. The number of benzene rings is 1. The molecule has 0 amide bonds.